The van der Waals surface area contributed by atoms with Crippen LogP contribution in [0, 0.1) is 0 Å². The molecule has 0 radical (unpaired) electrons. The van der Waals surface area contributed by atoms with Crippen molar-refractivity contribution in [3.63, 3.8) is 0 Å². The zero-order valence-corrected chi connectivity index (χ0v) is 23.9. The van der Waals surface area contributed by atoms with Crippen molar-refractivity contribution in [1.29, 1.82) is 0 Å². The average Bonchev–Trinajstić information content (AvgIpc) is 3.38. The van der Waals surface area contributed by atoms with Crippen molar-refractivity contribution in [3.8, 4) is 11.3 Å². The molecule has 2 aromatic carbocycles. The number of H-pyrrole nitrogens is 1. The molecule has 4 N–H and O–H groups in total. The molecule has 0 spiro atoms. The summed E-state index contributed by atoms with van der Waals surface area (Å²) in [6.07, 6.45) is 10.4. The van der Waals surface area contributed by atoms with Crippen LogP contribution in [-0.4, -0.2) is 64.4 Å². The first-order chi connectivity index (χ1) is 19.9. The number of benzene rings is 2. The molecule has 2 heterocycles. The highest BCUT2D eigenvalue weighted by Gasteiger charge is 2.25. The van der Waals surface area contributed by atoms with E-state index in [0.717, 1.165) is 42.1 Å². The first-order valence-corrected chi connectivity index (χ1v) is 14.1. The van der Waals surface area contributed by atoms with E-state index in [1.807, 2.05) is 49.5 Å². The van der Waals surface area contributed by atoms with Crippen LogP contribution < -0.4 is 16.0 Å². The van der Waals surface area contributed by atoms with E-state index in [9.17, 15) is 9.59 Å². The summed E-state index contributed by atoms with van der Waals surface area (Å²) in [5.74, 6) is 0.174. The van der Waals surface area contributed by atoms with Crippen molar-refractivity contribution >= 4 is 46.0 Å². The molecular formula is C31H34ClN7O2. The summed E-state index contributed by atoms with van der Waals surface area (Å²) in [6.45, 7) is 0.683. The third kappa shape index (κ3) is 7.31. The zero-order chi connectivity index (χ0) is 28.8. The Balaban J connectivity index is 1.17. The molecule has 1 unspecified atom stereocenters. The van der Waals surface area contributed by atoms with Gasteiger partial charge in [0.25, 0.3) is 5.91 Å². The normalized spacial score (nSPS) is 17.2. The van der Waals surface area contributed by atoms with Gasteiger partial charge in [0, 0.05) is 58.6 Å². The van der Waals surface area contributed by atoms with Gasteiger partial charge in [-0.1, -0.05) is 35.9 Å². The number of hydrogen-bond donors (Lipinski definition) is 4. The van der Waals surface area contributed by atoms with Gasteiger partial charge in [0.15, 0.2) is 0 Å². The van der Waals surface area contributed by atoms with Crippen LogP contribution in [0.4, 0.5) is 11.6 Å². The molecule has 2 amide bonds. The number of hydrogen-bond acceptors (Lipinski definition) is 6. The van der Waals surface area contributed by atoms with Crippen LogP contribution in [0.5, 0.6) is 0 Å². The van der Waals surface area contributed by atoms with Gasteiger partial charge in [0.2, 0.25) is 11.9 Å². The van der Waals surface area contributed by atoms with E-state index in [4.69, 9.17) is 16.6 Å². The van der Waals surface area contributed by atoms with Crippen LogP contribution in [0.3, 0.4) is 0 Å². The first kappa shape index (κ1) is 28.3. The zero-order valence-electron chi connectivity index (χ0n) is 23.2. The first-order valence-electron chi connectivity index (χ1n) is 13.7. The Kier molecular flexibility index (Phi) is 8.96. The van der Waals surface area contributed by atoms with Gasteiger partial charge >= 0.3 is 0 Å². The minimum Gasteiger partial charge on any atom is -0.360 e. The monoisotopic (exact) mass is 571 g/mol. The number of carbonyl (C=O) groups excluding carboxylic acids is 2. The maximum atomic E-state index is 13.0. The van der Waals surface area contributed by atoms with Crippen LogP contribution in [0.15, 0.2) is 73.1 Å². The van der Waals surface area contributed by atoms with Gasteiger partial charge in [-0.05, 0) is 70.1 Å². The van der Waals surface area contributed by atoms with Crippen molar-refractivity contribution in [2.45, 2.75) is 37.8 Å². The number of carbonyl (C=O) groups is 2. The summed E-state index contributed by atoms with van der Waals surface area (Å²) in [4.78, 5) is 39.4. The van der Waals surface area contributed by atoms with Crippen LogP contribution in [-0.2, 0) is 4.79 Å². The maximum Gasteiger partial charge on any atom is 0.251 e. The lowest BCUT2D eigenvalue weighted by molar-refractivity contribution is -0.111. The average molecular weight is 572 g/mol. The van der Waals surface area contributed by atoms with E-state index < -0.39 is 0 Å². The van der Waals surface area contributed by atoms with Crippen molar-refractivity contribution in [2.75, 3.05) is 31.3 Å². The van der Waals surface area contributed by atoms with E-state index >= 15 is 0 Å². The van der Waals surface area contributed by atoms with Gasteiger partial charge in [-0.25, -0.2) is 9.97 Å². The second-order valence-corrected chi connectivity index (χ2v) is 11.0. The quantitative estimate of drug-likeness (QED) is 0.198. The van der Waals surface area contributed by atoms with Crippen LogP contribution in [0.2, 0.25) is 5.02 Å². The Bertz CT molecular complexity index is 1550. The molecule has 1 aliphatic carbocycles. The highest BCUT2D eigenvalue weighted by Crippen LogP contribution is 2.32. The molecule has 5 rings (SSSR count). The maximum absolute atomic E-state index is 13.0. The number of aromatic amines is 1. The van der Waals surface area contributed by atoms with Gasteiger partial charge < -0.3 is 25.8 Å². The van der Waals surface area contributed by atoms with E-state index in [1.54, 1.807) is 36.5 Å². The number of nitrogens with zero attached hydrogens (tertiary/aromatic N) is 3. The Morgan fingerprint density at radius 1 is 1.10 bits per heavy atom. The Morgan fingerprint density at radius 2 is 1.88 bits per heavy atom. The number of fused-ring (bicyclic) bond motifs is 1. The minimum absolute atomic E-state index is 0.0235. The fourth-order valence-electron chi connectivity index (χ4n) is 5.06. The Labute approximate surface area is 244 Å². The molecule has 41 heavy (non-hydrogen) atoms. The summed E-state index contributed by atoms with van der Waals surface area (Å²) in [6, 6.07) is 15.1. The second kappa shape index (κ2) is 13.0. The molecule has 1 saturated carbocycles. The highest BCUT2D eigenvalue weighted by atomic mass is 35.5. The van der Waals surface area contributed by atoms with Crippen molar-refractivity contribution in [1.82, 2.24) is 25.2 Å². The molecule has 0 bridgehead atoms. The Hall–Kier alpha value is -4.21. The fourth-order valence-corrected chi connectivity index (χ4v) is 5.25. The largest absolute Gasteiger partial charge is 0.360 e. The molecular weight excluding hydrogens is 538 g/mol. The number of likely N-dealkylation sites (N-methyl/N-ethyl adjacent to an activating group) is 1. The van der Waals surface area contributed by atoms with E-state index in [0.29, 0.717) is 34.5 Å². The van der Waals surface area contributed by atoms with E-state index in [1.165, 1.54) is 6.08 Å². The van der Waals surface area contributed by atoms with Gasteiger partial charge in [-0.3, -0.25) is 9.59 Å². The molecule has 2 atom stereocenters. The number of rotatable bonds is 9. The van der Waals surface area contributed by atoms with Crippen molar-refractivity contribution in [2.24, 2.45) is 0 Å². The third-order valence-electron chi connectivity index (χ3n) is 7.09. The summed E-state index contributed by atoms with van der Waals surface area (Å²) in [5, 5.41) is 11.0. The predicted octanol–water partition coefficient (Wildman–Crippen LogP) is 5.49. The van der Waals surface area contributed by atoms with Gasteiger partial charge in [0.1, 0.15) is 0 Å². The number of amides is 2. The molecule has 9 nitrogen and oxygen atoms in total. The molecule has 1 fully saturated rings. The number of anilines is 2. The van der Waals surface area contributed by atoms with Gasteiger partial charge in [0.05, 0.1) is 16.9 Å². The molecule has 212 valence electrons. The van der Waals surface area contributed by atoms with Crippen molar-refractivity contribution < 1.29 is 9.59 Å². The number of aromatic nitrogens is 3. The lowest BCUT2D eigenvalue weighted by atomic mass is 9.91. The third-order valence-corrected chi connectivity index (χ3v) is 7.36. The van der Waals surface area contributed by atoms with Gasteiger partial charge in [-0.15, -0.1) is 0 Å². The van der Waals surface area contributed by atoms with Gasteiger partial charge in [-0.2, -0.15) is 0 Å². The standard InChI is InChI=1S/C31H34ClN7O2/c1-39(2)16-6-11-28(40)35-21-14-12-20(13-15-21)30(41)36-22-7-5-8-23(17-22)37-31-34-19-26(32)29(38-31)25-18-33-27-10-4-3-9-24(25)27/h3-4,6,9-15,18-19,22-23,33H,5,7-8,16-17H2,1-2H3,(H,35,40)(H,36,41)(H,34,37,38)/b11-6+/t22-,23?/m0/s1. The summed E-state index contributed by atoms with van der Waals surface area (Å²) in [7, 11) is 3.87. The second-order valence-electron chi connectivity index (χ2n) is 10.5. The molecule has 0 aliphatic heterocycles. The van der Waals surface area contributed by atoms with Crippen LogP contribution in [0.25, 0.3) is 22.2 Å². The topological polar surface area (TPSA) is 115 Å². The molecule has 10 heteroatoms. The van der Waals surface area contributed by atoms with E-state index in [-0.39, 0.29) is 23.9 Å². The SMILES string of the molecule is CN(C)C/C=C/C(=O)Nc1ccc(C(=O)N[C@H]2CCCC(Nc3ncc(Cl)c(-c4c[nH]c5ccccc45)n3)C2)cc1. The van der Waals surface area contributed by atoms with Crippen LogP contribution in [0.1, 0.15) is 36.0 Å². The molecule has 4 aromatic rings. The minimum atomic E-state index is -0.206. The summed E-state index contributed by atoms with van der Waals surface area (Å²) in [5.41, 5.74) is 3.80. The number of para-hydroxylation sites is 1. The predicted molar refractivity (Wildman–Crippen MR) is 164 cm³/mol. The van der Waals surface area contributed by atoms with E-state index in [2.05, 4.69) is 25.9 Å². The smallest absolute Gasteiger partial charge is 0.251 e. The fraction of sp³-hybridized carbons (Fsp3) is 0.290. The summed E-state index contributed by atoms with van der Waals surface area (Å²) < 4.78 is 0. The lowest BCUT2D eigenvalue weighted by Gasteiger charge is -2.30. The molecule has 2 aromatic heterocycles. The lowest BCUT2D eigenvalue weighted by Crippen LogP contribution is -2.42. The van der Waals surface area contributed by atoms with Crippen LogP contribution >= 0.6 is 11.6 Å². The molecule has 1 aliphatic rings. The Morgan fingerprint density at radius 3 is 2.68 bits per heavy atom. The highest BCUT2D eigenvalue weighted by molar-refractivity contribution is 6.33. The molecule has 0 saturated heterocycles. The number of nitrogens with one attached hydrogen (secondary N) is 4. The van der Waals surface area contributed by atoms with Crippen molar-refractivity contribution in [3.05, 3.63) is 83.7 Å². The number of halogens is 1. The summed E-state index contributed by atoms with van der Waals surface area (Å²) >= 11 is 6.50.